The lowest BCUT2D eigenvalue weighted by Gasteiger charge is -2.37. The molecular formula is C67H105N13O21S. The minimum absolute atomic E-state index is 0.00251. The smallest absolute Gasteiger partial charge is 0.305 e. The predicted octanol–water partition coefficient (Wildman–Crippen LogP) is -1.39. The van der Waals surface area contributed by atoms with E-state index in [0.717, 1.165) is 48.8 Å². The second kappa shape index (κ2) is 44.5. The molecule has 0 unspecified atom stereocenters. The first kappa shape index (κ1) is 85.6. The maximum Gasteiger partial charge on any atom is 0.305 e. The fourth-order valence-electron chi connectivity index (χ4n) is 12.1. The van der Waals surface area contributed by atoms with Gasteiger partial charge in [0.15, 0.2) is 0 Å². The van der Waals surface area contributed by atoms with Crippen molar-refractivity contribution in [2.75, 3.05) is 45.0 Å². The monoisotopic (exact) mass is 1460 g/mol. The Morgan fingerprint density at radius 1 is 0.539 bits per heavy atom. The number of carboxylic acid groups (broad SMARTS) is 3. The summed E-state index contributed by atoms with van der Waals surface area (Å²) in [6, 6.07) is -7.25. The number of unbranched alkanes of at least 4 members (excludes halogenated alkanes) is 13. The highest BCUT2D eigenvalue weighted by atomic mass is 32.2. The number of nitrogens with one attached hydrogen (secondary N) is 11. The number of hydrogen-bond donors (Lipinski definition) is 15. The molecule has 15 N–H and O–H groups in total. The van der Waals surface area contributed by atoms with E-state index in [4.69, 9.17) is 0 Å². The first-order valence-corrected chi connectivity index (χ1v) is 37.0. The number of carbonyl (C=O) groups is 15. The van der Waals surface area contributed by atoms with Crippen molar-refractivity contribution >= 4 is 98.8 Å². The number of sulfonamides is 1. The van der Waals surface area contributed by atoms with Crippen LogP contribution in [0.1, 0.15) is 181 Å². The van der Waals surface area contributed by atoms with E-state index in [2.05, 4.69) is 64.8 Å². The topological polar surface area (TPSA) is 510 Å². The molecule has 3 aliphatic heterocycles. The van der Waals surface area contributed by atoms with Crippen molar-refractivity contribution in [3.63, 3.8) is 0 Å². The number of carbonyl (C=O) groups excluding carboxylic acids is 12. The number of aliphatic hydroxyl groups excluding tert-OH is 1. The number of rotatable bonds is 32. The van der Waals surface area contributed by atoms with Crippen LogP contribution in [0.15, 0.2) is 30.3 Å². The maximum atomic E-state index is 15.1. The van der Waals surface area contributed by atoms with Crippen LogP contribution in [-0.2, 0) is 88.4 Å². The number of carboxylic acids is 3. The fourth-order valence-corrected chi connectivity index (χ4v) is 13.4. The van der Waals surface area contributed by atoms with Crippen molar-refractivity contribution < 1.29 is 101 Å². The summed E-state index contributed by atoms with van der Waals surface area (Å²) < 4.78 is 29.9. The molecule has 0 aromatic heterocycles. The molecule has 1 aromatic carbocycles. The lowest BCUT2D eigenvalue weighted by Crippen LogP contribution is -2.63. The molecule has 34 nitrogen and oxygen atoms in total. The Morgan fingerprint density at radius 2 is 1.02 bits per heavy atom. The molecule has 3 heterocycles. The molecule has 35 heteroatoms. The summed E-state index contributed by atoms with van der Waals surface area (Å²) in [6.07, 6.45) is 10.1. The molecule has 3 fully saturated rings. The van der Waals surface area contributed by atoms with Gasteiger partial charge in [-0.1, -0.05) is 141 Å². The van der Waals surface area contributed by atoms with Crippen molar-refractivity contribution in [3.8, 4) is 0 Å². The van der Waals surface area contributed by atoms with Crippen LogP contribution in [0.2, 0.25) is 0 Å². The number of aliphatic hydroxyl groups is 1. The average molecular weight is 1460 g/mol. The third-order valence-corrected chi connectivity index (χ3v) is 19.4. The third kappa shape index (κ3) is 30.4. The van der Waals surface area contributed by atoms with E-state index < -0.39 is 211 Å². The summed E-state index contributed by atoms with van der Waals surface area (Å²) in [5, 5.41) is 62.9. The van der Waals surface area contributed by atoms with Crippen molar-refractivity contribution in [1.29, 1.82) is 0 Å². The highest BCUT2D eigenvalue weighted by molar-refractivity contribution is 7.89. The number of aliphatic carboxylic acids is 3. The van der Waals surface area contributed by atoms with Crippen LogP contribution in [0.3, 0.4) is 0 Å². The Labute approximate surface area is 594 Å². The van der Waals surface area contributed by atoms with Crippen molar-refractivity contribution in [2.45, 2.75) is 242 Å². The van der Waals surface area contributed by atoms with Gasteiger partial charge < -0.3 is 83.4 Å². The van der Waals surface area contributed by atoms with Crippen LogP contribution in [0.4, 0.5) is 0 Å². The largest absolute Gasteiger partial charge is 0.481 e. The molecular weight excluding hydrogens is 1350 g/mol. The summed E-state index contributed by atoms with van der Waals surface area (Å²) in [7, 11) is -4.20. The van der Waals surface area contributed by atoms with Gasteiger partial charge in [0.05, 0.1) is 50.8 Å². The molecule has 11 atom stereocenters. The van der Waals surface area contributed by atoms with E-state index in [1.54, 1.807) is 44.2 Å². The van der Waals surface area contributed by atoms with Gasteiger partial charge in [0.2, 0.25) is 80.9 Å². The van der Waals surface area contributed by atoms with Gasteiger partial charge in [-0.2, -0.15) is 0 Å². The summed E-state index contributed by atoms with van der Waals surface area (Å²) in [6.45, 7) is 2.49. The average Bonchev–Trinajstić information content (AvgIpc) is 1.46. The molecule has 12 amide bonds. The molecule has 0 saturated carbocycles. The Hall–Kier alpha value is -8.86. The highest BCUT2D eigenvalue weighted by Crippen LogP contribution is 2.24. The summed E-state index contributed by atoms with van der Waals surface area (Å²) in [5.74, 6) is -19.3. The molecule has 570 valence electrons. The molecule has 4 rings (SSSR count). The molecule has 0 bridgehead atoms. The van der Waals surface area contributed by atoms with Crippen LogP contribution in [-0.4, -0.2) is 233 Å². The van der Waals surface area contributed by atoms with Gasteiger partial charge >= 0.3 is 17.9 Å². The number of nitrogens with zero attached hydrogens (tertiary/aromatic N) is 2. The van der Waals surface area contributed by atoms with E-state index in [0.29, 0.717) is 18.4 Å². The number of piperidine rings is 1. The SMILES string of the molecule is CCCCCCCCCCCCCCCCS(=O)(=O)N[C@@H](Cc1ccccc1)C(=O)N[C@@H](CC(=O)O)C(=O)N[C@H]1CNC(=O)[C@@H]2CCCN2C(=O)[C@H]([C@@H](C)CC)NC(=O)[C@H]([C@@H](C)O)NC(=O)CNC(=O)[C@H](CC(=O)O)NC(=O)CNC(=O)[C@H](CC(=O)O)NC(=O)CNC(=O)[C@@H]2CCCCN2C1=O. The third-order valence-electron chi connectivity index (χ3n) is 17.9. The van der Waals surface area contributed by atoms with Gasteiger partial charge in [0.25, 0.3) is 0 Å². The van der Waals surface area contributed by atoms with Crippen LogP contribution >= 0.6 is 0 Å². The number of benzene rings is 1. The Kier molecular flexibility index (Phi) is 37.3. The molecule has 1 aromatic rings. The van der Waals surface area contributed by atoms with Gasteiger partial charge in [-0.25, -0.2) is 13.1 Å². The van der Waals surface area contributed by atoms with Crippen molar-refractivity contribution in [1.82, 2.24) is 67.7 Å². The summed E-state index contributed by atoms with van der Waals surface area (Å²) in [5.41, 5.74) is 0.486. The zero-order valence-corrected chi connectivity index (χ0v) is 59.5. The second-order valence-electron chi connectivity index (χ2n) is 26.2. The normalized spacial score (nSPS) is 22.7. The molecule has 102 heavy (non-hydrogen) atoms. The molecule has 0 aliphatic carbocycles. The zero-order chi connectivity index (χ0) is 75.5. The summed E-state index contributed by atoms with van der Waals surface area (Å²) >= 11 is 0. The summed E-state index contributed by atoms with van der Waals surface area (Å²) in [4.78, 5) is 206. The van der Waals surface area contributed by atoms with Gasteiger partial charge in [0, 0.05) is 19.6 Å². The maximum absolute atomic E-state index is 15.1. The standard InChI is InChI=1S/C67H105N13O21S/c1-5-7-8-9-10-11-12-13-14-15-16-17-18-24-32-102(100,101)78-47(33-43-26-20-19-21-27-43)62(94)74-46(36-56(89)90)61(93)75-48-37-68-63(95)50-29-25-31-80(50)67(99)57(41(3)6-2)77-65(97)58(42(4)81)76-53(84)40-70-60(92)45(35-55(87)88)72-51(82)38-69-59(91)44(34-54(85)86)73-52(83)39-71-64(96)49-28-22-23-30-79(49)66(48)98/h19-21,26-27,41-42,44-50,57-58,78,81H,5-18,22-25,28-40H2,1-4H3,(H,68,95)(H,69,91)(H,70,92)(H,71,96)(H,72,82)(H,73,83)(H,74,94)(H,75,93)(H,76,84)(H,77,97)(H,85,86)(H,87,88)(H,89,90)/t41-,42+,44-,45-,46-,47-,48-,49-,50-,57-,58-/m0/s1. The first-order chi connectivity index (χ1) is 48.4. The van der Waals surface area contributed by atoms with Crippen LogP contribution in [0.5, 0.6) is 0 Å². The Balaban J connectivity index is 1.68. The van der Waals surface area contributed by atoms with Gasteiger partial charge in [0.1, 0.15) is 54.4 Å². The molecule has 3 saturated heterocycles. The van der Waals surface area contributed by atoms with E-state index in [-0.39, 0.29) is 63.8 Å². The van der Waals surface area contributed by atoms with Gasteiger partial charge in [-0.3, -0.25) is 71.9 Å². The van der Waals surface area contributed by atoms with Crippen molar-refractivity contribution in [3.05, 3.63) is 35.9 Å². The van der Waals surface area contributed by atoms with E-state index in [1.807, 2.05) is 0 Å². The zero-order valence-electron chi connectivity index (χ0n) is 58.7. The molecule has 3 aliphatic rings. The second-order valence-corrected chi connectivity index (χ2v) is 28.1. The fraction of sp³-hybridized carbons (Fsp3) is 0.687. The van der Waals surface area contributed by atoms with Gasteiger partial charge in [-0.05, 0) is 63.4 Å². The lowest BCUT2D eigenvalue weighted by molar-refractivity contribution is -0.146. The predicted molar refractivity (Wildman–Crippen MR) is 367 cm³/mol. The van der Waals surface area contributed by atoms with E-state index in [9.17, 15) is 96.0 Å². The van der Waals surface area contributed by atoms with E-state index in [1.165, 1.54) is 44.9 Å². The van der Waals surface area contributed by atoms with Crippen molar-refractivity contribution in [2.24, 2.45) is 5.92 Å². The Bertz CT molecular complexity index is 3160. The molecule has 0 spiro atoms. The quantitative estimate of drug-likeness (QED) is 0.0369. The minimum atomic E-state index is -4.20. The minimum Gasteiger partial charge on any atom is -0.481 e. The number of hydrogen-bond acceptors (Lipinski definition) is 18. The van der Waals surface area contributed by atoms with Crippen LogP contribution < -0.4 is 57.9 Å². The number of fused-ring (bicyclic) bond motifs is 2. The lowest BCUT2D eigenvalue weighted by atomic mass is 9.96. The Morgan fingerprint density at radius 3 is 1.53 bits per heavy atom. The molecule has 0 radical (unpaired) electrons. The van der Waals surface area contributed by atoms with Gasteiger partial charge in [-0.15, -0.1) is 0 Å². The highest BCUT2D eigenvalue weighted by Gasteiger charge is 2.43. The first-order valence-electron chi connectivity index (χ1n) is 35.3. The van der Waals surface area contributed by atoms with Crippen LogP contribution in [0.25, 0.3) is 0 Å². The van der Waals surface area contributed by atoms with E-state index >= 15 is 4.79 Å². The number of amides is 12. The van der Waals surface area contributed by atoms with Crippen LogP contribution in [0, 0.1) is 5.92 Å².